The Morgan fingerprint density at radius 2 is 2.41 bits per heavy atom. The van der Waals surface area contributed by atoms with E-state index in [0.717, 1.165) is 11.3 Å². The van der Waals surface area contributed by atoms with E-state index in [-0.39, 0.29) is 0 Å². The van der Waals surface area contributed by atoms with Crippen LogP contribution in [0.25, 0.3) is 10.8 Å². The topological polar surface area (TPSA) is 48.2 Å². The van der Waals surface area contributed by atoms with Gasteiger partial charge in [-0.05, 0) is 11.4 Å². The molecule has 0 radical (unpaired) electrons. The zero-order valence-electron chi connectivity index (χ0n) is 9.47. The third kappa shape index (κ3) is 3.41. The lowest BCUT2D eigenvalue weighted by atomic mass is 10.5. The molecule has 0 aliphatic carbocycles. The van der Waals surface area contributed by atoms with Crippen LogP contribution in [0.3, 0.4) is 0 Å². The van der Waals surface area contributed by atoms with Gasteiger partial charge in [0, 0.05) is 6.42 Å². The third-order valence-corrected chi connectivity index (χ3v) is 2.77. The molecule has 5 heteroatoms. The number of hydrogen-bond donors (Lipinski definition) is 0. The fourth-order valence-electron chi connectivity index (χ4n) is 1.18. The first kappa shape index (κ1) is 11.8. The van der Waals surface area contributed by atoms with Crippen LogP contribution in [0, 0.1) is 11.8 Å². The zero-order valence-corrected chi connectivity index (χ0v) is 10.3. The monoisotopic (exact) mass is 248 g/mol. The van der Waals surface area contributed by atoms with Gasteiger partial charge in [-0.1, -0.05) is 24.1 Å². The molecule has 2 heterocycles. The summed E-state index contributed by atoms with van der Waals surface area (Å²) in [7, 11) is 0. The lowest BCUT2D eigenvalue weighted by molar-refractivity contribution is 0.144. The fourth-order valence-corrected chi connectivity index (χ4v) is 1.83. The minimum atomic E-state index is 0.327. The summed E-state index contributed by atoms with van der Waals surface area (Å²) in [5, 5.41) is 5.81. The van der Waals surface area contributed by atoms with Crippen LogP contribution < -0.4 is 0 Å². The molecule has 0 fully saturated rings. The summed E-state index contributed by atoms with van der Waals surface area (Å²) >= 11 is 1.56. The molecule has 0 atom stereocenters. The highest BCUT2D eigenvalue weighted by molar-refractivity contribution is 7.13. The Hall–Kier alpha value is -1.64. The Balaban J connectivity index is 1.87. The molecule has 0 spiro atoms. The van der Waals surface area contributed by atoms with Gasteiger partial charge in [0.15, 0.2) is 5.82 Å². The lowest BCUT2D eigenvalue weighted by Crippen LogP contribution is -1.95. The van der Waals surface area contributed by atoms with Crippen molar-refractivity contribution < 1.29 is 9.26 Å². The highest BCUT2D eigenvalue weighted by Gasteiger charge is 2.08. The summed E-state index contributed by atoms with van der Waals surface area (Å²) in [5.41, 5.74) is 0. The van der Waals surface area contributed by atoms with E-state index >= 15 is 0 Å². The molecule has 0 aromatic carbocycles. The average molecular weight is 248 g/mol. The predicted octanol–water partition coefficient (Wildman–Crippen LogP) is 2.73. The molecule has 0 aliphatic rings. The van der Waals surface area contributed by atoms with Crippen molar-refractivity contribution in [3.05, 3.63) is 23.3 Å². The van der Waals surface area contributed by atoms with Crippen molar-refractivity contribution in [1.82, 2.24) is 10.1 Å². The predicted molar refractivity (Wildman–Crippen MR) is 65.3 cm³/mol. The number of nitrogens with zero attached hydrogens (tertiary/aromatic N) is 2. The highest BCUT2D eigenvalue weighted by Crippen LogP contribution is 2.22. The average Bonchev–Trinajstić information content (AvgIpc) is 2.99. The molecule has 0 saturated carbocycles. The molecule has 2 aromatic heterocycles. The van der Waals surface area contributed by atoms with Crippen molar-refractivity contribution in [3.63, 3.8) is 0 Å². The normalized spacial score (nSPS) is 9.94. The maximum atomic E-state index is 5.30. The Morgan fingerprint density at radius 1 is 1.47 bits per heavy atom. The van der Waals surface area contributed by atoms with Gasteiger partial charge < -0.3 is 9.26 Å². The van der Waals surface area contributed by atoms with E-state index in [1.54, 1.807) is 11.3 Å². The number of rotatable bonds is 4. The second-order valence-corrected chi connectivity index (χ2v) is 4.14. The minimum Gasteiger partial charge on any atom is -0.361 e. The molecule has 2 aromatic rings. The summed E-state index contributed by atoms with van der Waals surface area (Å²) in [6, 6.07) is 3.89. The number of thiophene rings is 1. The van der Waals surface area contributed by atoms with Crippen LogP contribution in [0.4, 0.5) is 0 Å². The summed E-state index contributed by atoms with van der Waals surface area (Å²) in [6.07, 6.45) is 0.841. The van der Waals surface area contributed by atoms with E-state index in [9.17, 15) is 0 Å². The van der Waals surface area contributed by atoms with Crippen LogP contribution >= 0.6 is 11.3 Å². The second kappa shape index (κ2) is 6.18. The van der Waals surface area contributed by atoms with Crippen molar-refractivity contribution in [1.29, 1.82) is 0 Å². The van der Waals surface area contributed by atoms with E-state index in [1.165, 1.54) is 0 Å². The SMILES string of the molecule is CCC#CCOCc1noc(-c2cccs2)n1. The smallest absolute Gasteiger partial charge is 0.268 e. The molecule has 0 aliphatic heterocycles. The maximum Gasteiger partial charge on any atom is 0.268 e. The van der Waals surface area contributed by atoms with Crippen molar-refractivity contribution >= 4 is 11.3 Å². The Morgan fingerprint density at radius 3 is 3.18 bits per heavy atom. The van der Waals surface area contributed by atoms with Gasteiger partial charge in [0.2, 0.25) is 0 Å². The molecule has 88 valence electrons. The zero-order chi connectivity index (χ0) is 11.9. The molecule has 17 heavy (non-hydrogen) atoms. The number of ether oxygens (including phenoxy) is 1. The standard InChI is InChI=1S/C12H12N2O2S/c1-2-3-4-7-15-9-11-13-12(16-14-11)10-6-5-8-17-10/h5-6,8H,2,7,9H2,1H3. The van der Waals surface area contributed by atoms with Crippen LogP contribution in [0.15, 0.2) is 22.0 Å². The summed E-state index contributed by atoms with van der Waals surface area (Å²) in [5.74, 6) is 6.90. The summed E-state index contributed by atoms with van der Waals surface area (Å²) < 4.78 is 10.4. The molecule has 2 rings (SSSR count). The molecule has 0 N–H and O–H groups in total. The quantitative estimate of drug-likeness (QED) is 0.616. The highest BCUT2D eigenvalue weighted by atomic mass is 32.1. The first-order chi connectivity index (χ1) is 8.40. The van der Waals surface area contributed by atoms with Gasteiger partial charge >= 0.3 is 0 Å². The Kier molecular flexibility index (Phi) is 4.30. The Labute approximate surface area is 104 Å². The fraction of sp³-hybridized carbons (Fsp3) is 0.333. The Bertz CT molecular complexity index is 508. The van der Waals surface area contributed by atoms with Gasteiger partial charge in [0.1, 0.15) is 13.2 Å². The van der Waals surface area contributed by atoms with Gasteiger partial charge in [0.25, 0.3) is 5.89 Å². The first-order valence-electron chi connectivity index (χ1n) is 5.30. The van der Waals surface area contributed by atoms with Crippen LogP contribution in [-0.2, 0) is 11.3 Å². The van der Waals surface area contributed by atoms with E-state index in [0.29, 0.717) is 24.9 Å². The summed E-state index contributed by atoms with van der Waals surface area (Å²) in [6.45, 7) is 2.73. The second-order valence-electron chi connectivity index (χ2n) is 3.19. The van der Waals surface area contributed by atoms with Gasteiger partial charge in [-0.2, -0.15) is 4.98 Å². The van der Waals surface area contributed by atoms with Crippen LogP contribution in [0.2, 0.25) is 0 Å². The van der Waals surface area contributed by atoms with Gasteiger partial charge in [-0.25, -0.2) is 0 Å². The summed E-state index contributed by atoms with van der Waals surface area (Å²) in [4.78, 5) is 5.20. The molecule has 0 unspecified atom stereocenters. The lowest BCUT2D eigenvalue weighted by Gasteiger charge is -1.92. The van der Waals surface area contributed by atoms with Gasteiger partial charge in [-0.15, -0.1) is 17.3 Å². The largest absolute Gasteiger partial charge is 0.361 e. The van der Waals surface area contributed by atoms with Crippen molar-refractivity contribution in [3.8, 4) is 22.6 Å². The first-order valence-corrected chi connectivity index (χ1v) is 6.18. The van der Waals surface area contributed by atoms with Crippen molar-refractivity contribution in [2.75, 3.05) is 6.61 Å². The van der Waals surface area contributed by atoms with E-state index in [2.05, 4.69) is 22.0 Å². The molecule has 0 amide bonds. The van der Waals surface area contributed by atoms with Gasteiger partial charge in [-0.3, -0.25) is 0 Å². The minimum absolute atomic E-state index is 0.327. The van der Waals surface area contributed by atoms with Gasteiger partial charge in [0.05, 0.1) is 4.88 Å². The third-order valence-electron chi connectivity index (χ3n) is 1.91. The van der Waals surface area contributed by atoms with Crippen molar-refractivity contribution in [2.24, 2.45) is 0 Å². The number of hydrogen-bond acceptors (Lipinski definition) is 5. The number of aromatic nitrogens is 2. The van der Waals surface area contributed by atoms with Crippen LogP contribution in [-0.4, -0.2) is 16.7 Å². The molecule has 0 bridgehead atoms. The molecular formula is C12H12N2O2S. The van der Waals surface area contributed by atoms with E-state index in [1.807, 2.05) is 24.4 Å². The van der Waals surface area contributed by atoms with Crippen LogP contribution in [0.1, 0.15) is 19.2 Å². The molecule has 4 nitrogen and oxygen atoms in total. The van der Waals surface area contributed by atoms with Crippen LogP contribution in [0.5, 0.6) is 0 Å². The molecular weight excluding hydrogens is 236 g/mol. The van der Waals surface area contributed by atoms with E-state index < -0.39 is 0 Å². The molecule has 0 saturated heterocycles. The van der Waals surface area contributed by atoms with Crippen molar-refractivity contribution in [2.45, 2.75) is 20.0 Å². The van der Waals surface area contributed by atoms with E-state index in [4.69, 9.17) is 9.26 Å². The maximum absolute atomic E-state index is 5.30.